The molecule has 1 aromatic carbocycles. The van der Waals surface area contributed by atoms with Crippen LogP contribution in [-0.2, 0) is 0 Å². The number of rotatable bonds is 3. The van der Waals surface area contributed by atoms with Crippen molar-refractivity contribution in [1.82, 2.24) is 0 Å². The number of nitrogens with two attached hydrogens (primary N) is 1. The first-order valence-electron chi connectivity index (χ1n) is 4.99. The molecule has 0 saturated carbocycles. The molecule has 17 heavy (non-hydrogen) atoms. The number of halogens is 5. The Morgan fingerprint density at radius 2 is 1.82 bits per heavy atom. The second kappa shape index (κ2) is 5.00. The molecule has 0 radical (unpaired) electrons. The Morgan fingerprint density at radius 1 is 1.24 bits per heavy atom. The quantitative estimate of drug-likeness (QED) is 0.818. The molecule has 0 saturated heterocycles. The minimum absolute atomic E-state index is 0.156. The Balaban J connectivity index is 2.89. The Labute approximate surface area is 95.4 Å². The molecule has 1 nitrogen and oxygen atoms in total. The van der Waals surface area contributed by atoms with Gasteiger partial charge in [-0.3, -0.25) is 0 Å². The summed E-state index contributed by atoms with van der Waals surface area (Å²) in [5.74, 6) is -1.79. The number of benzene rings is 1. The predicted octanol–water partition coefficient (Wildman–Crippen LogP) is 3.62. The van der Waals surface area contributed by atoms with E-state index in [1.807, 2.05) is 0 Å². The highest BCUT2D eigenvalue weighted by molar-refractivity contribution is 5.29. The molecule has 1 rings (SSSR count). The lowest BCUT2D eigenvalue weighted by molar-refractivity contribution is -0.136. The van der Waals surface area contributed by atoms with Gasteiger partial charge in [-0.15, -0.1) is 0 Å². The van der Waals surface area contributed by atoms with E-state index in [1.54, 1.807) is 0 Å². The molecule has 1 aromatic rings. The fourth-order valence-corrected chi connectivity index (χ4v) is 1.48. The smallest absolute Gasteiger partial charge is 0.324 e. The Morgan fingerprint density at radius 3 is 2.35 bits per heavy atom. The van der Waals surface area contributed by atoms with E-state index in [1.165, 1.54) is 13.0 Å². The highest BCUT2D eigenvalue weighted by Crippen LogP contribution is 2.29. The van der Waals surface area contributed by atoms with Gasteiger partial charge in [0.05, 0.1) is 0 Å². The summed E-state index contributed by atoms with van der Waals surface area (Å²) >= 11 is 0. The first kappa shape index (κ1) is 13.9. The van der Waals surface area contributed by atoms with Crippen molar-refractivity contribution in [2.45, 2.75) is 32.0 Å². The van der Waals surface area contributed by atoms with Gasteiger partial charge in [0.1, 0.15) is 11.6 Å². The zero-order valence-electron chi connectivity index (χ0n) is 9.11. The van der Waals surface area contributed by atoms with Crippen molar-refractivity contribution in [3.8, 4) is 0 Å². The van der Waals surface area contributed by atoms with Crippen molar-refractivity contribution in [2.24, 2.45) is 5.73 Å². The van der Waals surface area contributed by atoms with Crippen molar-refractivity contribution in [2.75, 3.05) is 0 Å². The van der Waals surface area contributed by atoms with Gasteiger partial charge in [-0.1, -0.05) is 6.07 Å². The number of hydrogen-bond donors (Lipinski definition) is 1. The average molecular weight is 253 g/mol. The van der Waals surface area contributed by atoms with Crippen molar-refractivity contribution < 1.29 is 22.0 Å². The van der Waals surface area contributed by atoms with Crippen LogP contribution < -0.4 is 5.73 Å². The van der Waals surface area contributed by atoms with Crippen molar-refractivity contribution in [3.05, 3.63) is 34.9 Å². The van der Waals surface area contributed by atoms with E-state index in [9.17, 15) is 22.0 Å². The molecular weight excluding hydrogens is 241 g/mol. The second-order valence-corrected chi connectivity index (χ2v) is 3.85. The van der Waals surface area contributed by atoms with Gasteiger partial charge in [0.25, 0.3) is 0 Å². The van der Waals surface area contributed by atoms with E-state index in [0.717, 1.165) is 6.07 Å². The summed E-state index contributed by atoms with van der Waals surface area (Å²) in [4.78, 5) is 0. The number of alkyl halides is 3. The molecule has 0 spiro atoms. The first-order valence-corrected chi connectivity index (χ1v) is 4.99. The van der Waals surface area contributed by atoms with Crippen LogP contribution in [-0.4, -0.2) is 6.18 Å². The first-order chi connectivity index (χ1) is 7.72. The normalized spacial score (nSPS) is 13.8. The molecule has 1 atom stereocenters. The zero-order valence-corrected chi connectivity index (χ0v) is 9.11. The molecular formula is C11H12F5N. The summed E-state index contributed by atoms with van der Waals surface area (Å²) in [6, 6.07) is 0.919. The van der Waals surface area contributed by atoms with Gasteiger partial charge in [-0.2, -0.15) is 13.2 Å². The Bertz CT molecular complexity index is 400. The lowest BCUT2D eigenvalue weighted by Gasteiger charge is -2.16. The Kier molecular flexibility index (Phi) is 4.08. The predicted molar refractivity (Wildman–Crippen MR) is 53.3 cm³/mol. The summed E-state index contributed by atoms with van der Waals surface area (Å²) in [6.45, 7) is 1.40. The van der Waals surface area contributed by atoms with Crippen LogP contribution in [0.2, 0.25) is 0 Å². The van der Waals surface area contributed by atoms with Gasteiger partial charge < -0.3 is 5.73 Å². The molecule has 0 aliphatic heterocycles. The van der Waals surface area contributed by atoms with E-state index in [4.69, 9.17) is 5.73 Å². The summed E-state index contributed by atoms with van der Waals surface area (Å²) in [5, 5.41) is 0. The van der Waals surface area contributed by atoms with Crippen LogP contribution in [0.4, 0.5) is 22.0 Å². The van der Waals surface area contributed by atoms with E-state index in [-0.39, 0.29) is 5.56 Å². The maximum Gasteiger partial charge on any atom is 0.389 e. The fraction of sp³-hybridized carbons (Fsp3) is 0.455. The van der Waals surface area contributed by atoms with E-state index >= 15 is 0 Å². The highest BCUT2D eigenvalue weighted by Gasteiger charge is 2.29. The van der Waals surface area contributed by atoms with Gasteiger partial charge in [0, 0.05) is 18.0 Å². The van der Waals surface area contributed by atoms with Gasteiger partial charge in [-0.25, -0.2) is 8.78 Å². The molecule has 0 heterocycles. The standard InChI is InChI=1S/C11H12F5N/c1-6-2-3-7(12)9(10(6)13)8(17)4-5-11(14,15)16/h2-3,8H,4-5,17H2,1H3/t8-/m1/s1. The highest BCUT2D eigenvalue weighted by atomic mass is 19.4. The van der Waals surface area contributed by atoms with Crippen LogP contribution in [0.5, 0.6) is 0 Å². The van der Waals surface area contributed by atoms with Crippen LogP contribution in [0.1, 0.15) is 30.0 Å². The SMILES string of the molecule is Cc1ccc(F)c([C@H](N)CCC(F)(F)F)c1F. The molecule has 0 aliphatic carbocycles. The molecule has 0 unspecified atom stereocenters. The third-order valence-electron chi connectivity index (χ3n) is 2.43. The largest absolute Gasteiger partial charge is 0.389 e. The molecule has 96 valence electrons. The maximum absolute atomic E-state index is 13.5. The van der Waals surface area contributed by atoms with Gasteiger partial charge in [0.15, 0.2) is 0 Å². The van der Waals surface area contributed by atoms with Crippen LogP contribution in [0.3, 0.4) is 0 Å². The number of hydrogen-bond acceptors (Lipinski definition) is 1. The zero-order chi connectivity index (χ0) is 13.2. The van der Waals surface area contributed by atoms with Crippen molar-refractivity contribution in [1.29, 1.82) is 0 Å². The molecule has 0 aromatic heterocycles. The van der Waals surface area contributed by atoms with Crippen molar-refractivity contribution in [3.63, 3.8) is 0 Å². The van der Waals surface area contributed by atoms with Crippen molar-refractivity contribution >= 4 is 0 Å². The molecule has 0 bridgehead atoms. The van der Waals surface area contributed by atoms with E-state index < -0.39 is 42.3 Å². The van der Waals surface area contributed by atoms with Gasteiger partial charge >= 0.3 is 6.18 Å². The topological polar surface area (TPSA) is 26.0 Å². The third-order valence-corrected chi connectivity index (χ3v) is 2.43. The summed E-state index contributed by atoms with van der Waals surface area (Å²) in [6.07, 6.45) is -6.09. The molecule has 0 amide bonds. The lowest BCUT2D eigenvalue weighted by atomic mass is 9.99. The summed E-state index contributed by atoms with van der Waals surface area (Å²) < 4.78 is 62.7. The van der Waals surface area contributed by atoms with E-state index in [2.05, 4.69) is 0 Å². The molecule has 0 fully saturated rings. The maximum atomic E-state index is 13.5. The fourth-order valence-electron chi connectivity index (χ4n) is 1.48. The van der Waals surface area contributed by atoms with Crippen LogP contribution in [0.25, 0.3) is 0 Å². The van der Waals surface area contributed by atoms with Gasteiger partial charge in [-0.05, 0) is 25.0 Å². The molecule has 6 heteroatoms. The lowest BCUT2D eigenvalue weighted by Crippen LogP contribution is -2.18. The van der Waals surface area contributed by atoms with Crippen LogP contribution in [0.15, 0.2) is 12.1 Å². The van der Waals surface area contributed by atoms with Crippen LogP contribution >= 0.6 is 0 Å². The summed E-state index contributed by atoms with van der Waals surface area (Å²) in [7, 11) is 0. The summed E-state index contributed by atoms with van der Waals surface area (Å²) in [5.41, 5.74) is 5.07. The Hall–Kier alpha value is -1.17. The van der Waals surface area contributed by atoms with Gasteiger partial charge in [0.2, 0.25) is 0 Å². The average Bonchev–Trinajstić information content (AvgIpc) is 2.20. The second-order valence-electron chi connectivity index (χ2n) is 3.85. The monoisotopic (exact) mass is 253 g/mol. The molecule has 0 aliphatic rings. The molecule has 2 N–H and O–H groups in total. The van der Waals surface area contributed by atoms with Crippen LogP contribution in [0, 0.1) is 18.6 Å². The minimum atomic E-state index is -4.38. The number of aryl methyl sites for hydroxylation is 1. The van der Waals surface area contributed by atoms with E-state index in [0.29, 0.717) is 0 Å². The minimum Gasteiger partial charge on any atom is -0.324 e. The third kappa shape index (κ3) is 3.66.